The highest BCUT2D eigenvalue weighted by atomic mass is 35.5. The summed E-state index contributed by atoms with van der Waals surface area (Å²) in [6.45, 7) is 4.30. The van der Waals surface area contributed by atoms with Crippen molar-refractivity contribution >= 4 is 40.0 Å². The molecule has 40 heavy (non-hydrogen) atoms. The van der Waals surface area contributed by atoms with Crippen molar-refractivity contribution < 1.29 is 14.6 Å². The molecule has 0 aliphatic carbocycles. The summed E-state index contributed by atoms with van der Waals surface area (Å²) in [7, 11) is 2.14. The Morgan fingerprint density at radius 1 is 1.10 bits per heavy atom. The normalized spacial score (nSPS) is 24.6. The van der Waals surface area contributed by atoms with Gasteiger partial charge in [0.25, 0.3) is 0 Å². The molecule has 3 atom stereocenters. The molecule has 10 nitrogen and oxygen atoms in total. The van der Waals surface area contributed by atoms with E-state index < -0.39 is 6.09 Å². The molecule has 7 rings (SSSR count). The minimum atomic E-state index is -0.820. The third-order valence-corrected chi connectivity index (χ3v) is 9.47. The Hall–Kier alpha value is -3.37. The summed E-state index contributed by atoms with van der Waals surface area (Å²) in [6, 6.07) is 6.64. The predicted octanol–water partition coefficient (Wildman–Crippen LogP) is 4.04. The molecule has 0 spiro atoms. The van der Waals surface area contributed by atoms with Gasteiger partial charge in [-0.3, -0.25) is 9.88 Å². The van der Waals surface area contributed by atoms with Crippen molar-refractivity contribution in [3.05, 3.63) is 46.9 Å². The molecule has 1 aromatic carbocycles. The summed E-state index contributed by atoms with van der Waals surface area (Å²) in [5.74, 6) is 0.899. The Morgan fingerprint density at radius 2 is 1.93 bits per heavy atom. The number of amides is 1. The number of likely N-dealkylation sites (N-methyl/N-ethyl adjacent to an activating group) is 1. The second-order valence-corrected chi connectivity index (χ2v) is 11.9. The summed E-state index contributed by atoms with van der Waals surface area (Å²) in [6.07, 6.45) is 7.75. The largest absolute Gasteiger partial charge is 0.465 e. The quantitative estimate of drug-likeness (QED) is 0.493. The number of carbonyl (C=O) groups is 1. The number of rotatable bonds is 5. The van der Waals surface area contributed by atoms with Gasteiger partial charge in [-0.15, -0.1) is 0 Å². The molecule has 11 heteroatoms. The maximum absolute atomic E-state index is 11.9. The van der Waals surface area contributed by atoms with Gasteiger partial charge in [0.2, 0.25) is 0 Å². The molecular weight excluding hydrogens is 530 g/mol. The van der Waals surface area contributed by atoms with E-state index in [1.54, 1.807) is 4.90 Å². The zero-order valence-electron chi connectivity index (χ0n) is 22.7. The van der Waals surface area contributed by atoms with Crippen LogP contribution >= 0.6 is 11.6 Å². The molecule has 4 aliphatic rings. The van der Waals surface area contributed by atoms with Crippen molar-refractivity contribution in [1.29, 1.82) is 0 Å². The van der Waals surface area contributed by atoms with E-state index in [1.807, 2.05) is 30.6 Å². The topological polar surface area (TPSA) is 98.2 Å². The number of aromatic nitrogens is 3. The zero-order chi connectivity index (χ0) is 27.4. The lowest BCUT2D eigenvalue weighted by Gasteiger charge is -2.41. The van der Waals surface area contributed by atoms with E-state index in [0.717, 1.165) is 72.3 Å². The van der Waals surface area contributed by atoms with Crippen molar-refractivity contribution in [3.8, 4) is 6.01 Å². The fourth-order valence-electron chi connectivity index (χ4n) is 7.08. The number of likely N-dealkylation sites (tertiary alicyclic amines) is 1. The molecule has 3 fully saturated rings. The average Bonchev–Trinajstić information content (AvgIpc) is 3.49. The highest BCUT2D eigenvalue weighted by Crippen LogP contribution is 2.38. The summed E-state index contributed by atoms with van der Waals surface area (Å²) in [4.78, 5) is 34.9. The number of carboxylic acid groups (broad SMARTS) is 1. The Kier molecular flexibility index (Phi) is 6.54. The van der Waals surface area contributed by atoms with Gasteiger partial charge in [0, 0.05) is 48.2 Å². The molecule has 1 amide bonds. The molecule has 4 aliphatic heterocycles. The first-order chi connectivity index (χ1) is 19.5. The summed E-state index contributed by atoms with van der Waals surface area (Å²) < 4.78 is 6.27. The number of anilines is 2. The van der Waals surface area contributed by atoms with Crippen LogP contribution in [0.1, 0.15) is 36.9 Å². The van der Waals surface area contributed by atoms with Gasteiger partial charge < -0.3 is 24.5 Å². The van der Waals surface area contributed by atoms with Gasteiger partial charge >= 0.3 is 12.1 Å². The number of halogens is 1. The molecule has 210 valence electrons. The van der Waals surface area contributed by atoms with Crippen LogP contribution in [0.5, 0.6) is 6.01 Å². The number of fused-ring (bicyclic) bond motifs is 4. The van der Waals surface area contributed by atoms with Gasteiger partial charge in [-0.1, -0.05) is 23.7 Å². The van der Waals surface area contributed by atoms with Crippen LogP contribution in [0.2, 0.25) is 5.02 Å². The lowest BCUT2D eigenvalue weighted by Crippen LogP contribution is -2.56. The van der Waals surface area contributed by atoms with Crippen LogP contribution in [-0.2, 0) is 13.0 Å². The van der Waals surface area contributed by atoms with Gasteiger partial charge in [0.05, 0.1) is 41.2 Å². The van der Waals surface area contributed by atoms with E-state index in [0.29, 0.717) is 43.3 Å². The zero-order valence-corrected chi connectivity index (χ0v) is 23.4. The Bertz CT molecular complexity index is 1440. The van der Waals surface area contributed by atoms with Crippen LogP contribution in [0, 0.1) is 0 Å². The SMILES string of the molecule is CN1CCC[C@H]1COc1nc2c(c(N3C[C@H]4CC[C@@H](C3)N4C(=O)O)n1)CCN(c1cncc3cccc(Cl)c13)C2. The number of pyridine rings is 1. The first-order valence-electron chi connectivity index (χ1n) is 14.2. The predicted molar refractivity (Wildman–Crippen MR) is 154 cm³/mol. The van der Waals surface area contributed by atoms with Gasteiger partial charge in [-0.25, -0.2) is 4.79 Å². The molecule has 0 unspecified atom stereocenters. The minimum absolute atomic E-state index is 0.0117. The van der Waals surface area contributed by atoms with Crippen molar-refractivity contribution in [2.75, 3.05) is 49.6 Å². The van der Waals surface area contributed by atoms with E-state index in [-0.39, 0.29) is 12.1 Å². The number of hydrogen-bond donors (Lipinski definition) is 1. The van der Waals surface area contributed by atoms with Crippen LogP contribution in [0.3, 0.4) is 0 Å². The molecule has 1 N–H and O–H groups in total. The van der Waals surface area contributed by atoms with Gasteiger partial charge in [-0.05, 0) is 51.8 Å². The monoisotopic (exact) mass is 563 g/mol. The number of benzene rings is 1. The average molecular weight is 564 g/mol. The second-order valence-electron chi connectivity index (χ2n) is 11.5. The smallest absolute Gasteiger partial charge is 0.407 e. The van der Waals surface area contributed by atoms with Crippen molar-refractivity contribution in [1.82, 2.24) is 24.8 Å². The number of ether oxygens (including phenoxy) is 1. The van der Waals surface area contributed by atoms with Crippen molar-refractivity contribution in [2.24, 2.45) is 0 Å². The molecule has 2 aromatic heterocycles. The van der Waals surface area contributed by atoms with E-state index in [4.69, 9.17) is 26.3 Å². The van der Waals surface area contributed by atoms with Crippen LogP contribution < -0.4 is 14.5 Å². The third-order valence-electron chi connectivity index (χ3n) is 9.15. The Labute approximate surface area is 238 Å². The summed E-state index contributed by atoms with van der Waals surface area (Å²) in [5.41, 5.74) is 3.07. The molecule has 3 aromatic rings. The fourth-order valence-corrected chi connectivity index (χ4v) is 7.36. The lowest BCUT2D eigenvalue weighted by molar-refractivity contribution is 0.114. The maximum atomic E-state index is 11.9. The van der Waals surface area contributed by atoms with Crippen LogP contribution in [0.25, 0.3) is 10.8 Å². The standard InChI is InChI=1S/C29H34ClN7O3/c1-34-10-3-5-21(34)17-40-28-32-24-16-35(25-13-31-12-18-4-2-6-23(30)26(18)25)11-9-22(24)27(33-28)36-14-19-7-8-20(15-36)37(19)29(38)39/h2,4,6,12-13,19-21H,3,5,7-11,14-17H2,1H3,(H,38,39)/t19-,20+,21-/m0/s1. The first-order valence-corrected chi connectivity index (χ1v) is 14.6. The van der Waals surface area contributed by atoms with Crippen molar-refractivity contribution in [2.45, 2.75) is 56.8 Å². The Morgan fingerprint density at radius 3 is 2.67 bits per heavy atom. The van der Waals surface area contributed by atoms with Crippen LogP contribution in [0.15, 0.2) is 30.6 Å². The van der Waals surface area contributed by atoms with E-state index in [2.05, 4.69) is 26.7 Å². The fraction of sp³-hybridized carbons (Fsp3) is 0.517. The number of hydrogen-bond acceptors (Lipinski definition) is 8. The summed E-state index contributed by atoms with van der Waals surface area (Å²) in [5, 5.41) is 12.5. The van der Waals surface area contributed by atoms with Gasteiger partial charge in [0.15, 0.2) is 0 Å². The Balaban J connectivity index is 1.23. The third kappa shape index (κ3) is 4.47. The van der Waals surface area contributed by atoms with E-state index >= 15 is 0 Å². The number of piperazine rings is 1. The minimum Gasteiger partial charge on any atom is -0.465 e. The second kappa shape index (κ2) is 10.2. The molecular formula is C29H34ClN7O3. The highest BCUT2D eigenvalue weighted by molar-refractivity contribution is 6.36. The first kappa shape index (κ1) is 25.6. The molecule has 0 saturated carbocycles. The van der Waals surface area contributed by atoms with Gasteiger partial charge in [-0.2, -0.15) is 9.97 Å². The van der Waals surface area contributed by atoms with Crippen LogP contribution in [0.4, 0.5) is 16.3 Å². The summed E-state index contributed by atoms with van der Waals surface area (Å²) >= 11 is 6.66. The van der Waals surface area contributed by atoms with E-state index in [1.165, 1.54) is 6.42 Å². The number of nitrogens with zero attached hydrogens (tertiary/aromatic N) is 7. The van der Waals surface area contributed by atoms with E-state index in [9.17, 15) is 9.90 Å². The maximum Gasteiger partial charge on any atom is 0.407 e. The van der Waals surface area contributed by atoms with Crippen molar-refractivity contribution in [3.63, 3.8) is 0 Å². The molecule has 2 bridgehead atoms. The van der Waals surface area contributed by atoms with Crippen LogP contribution in [-0.4, -0.2) is 93.9 Å². The molecule has 3 saturated heterocycles. The highest BCUT2D eigenvalue weighted by Gasteiger charge is 2.44. The molecule has 6 heterocycles. The molecule has 0 radical (unpaired) electrons. The lowest BCUT2D eigenvalue weighted by atomic mass is 10.0. The van der Waals surface area contributed by atoms with Gasteiger partial charge in [0.1, 0.15) is 12.4 Å².